The molecule has 1 heteroatoms. The van der Waals surface area contributed by atoms with Crippen molar-refractivity contribution in [3.63, 3.8) is 0 Å². The van der Waals surface area contributed by atoms with E-state index in [1.807, 2.05) is 0 Å². The molecule has 1 unspecified atom stereocenters. The maximum absolute atomic E-state index is 3.67. The lowest BCUT2D eigenvalue weighted by molar-refractivity contribution is 0.381. The highest BCUT2D eigenvalue weighted by molar-refractivity contribution is 4.84. The zero-order chi connectivity index (χ0) is 9.14. The summed E-state index contributed by atoms with van der Waals surface area (Å²) in [6, 6.07) is 1.44. The van der Waals surface area contributed by atoms with E-state index >= 15 is 0 Å². The molecular formula is C11H23N. The number of hydrogen-bond acceptors (Lipinski definition) is 1. The second-order valence-electron chi connectivity index (χ2n) is 4.82. The van der Waals surface area contributed by atoms with Crippen LogP contribution in [0.15, 0.2) is 0 Å². The molecule has 0 aliphatic heterocycles. The zero-order valence-corrected chi connectivity index (χ0v) is 8.93. The molecule has 0 heterocycles. The molecule has 2 atom stereocenters. The van der Waals surface area contributed by atoms with Crippen LogP contribution in [-0.2, 0) is 0 Å². The molecule has 0 spiro atoms. The lowest BCUT2D eigenvalue weighted by atomic mass is 10.0. The van der Waals surface area contributed by atoms with E-state index in [9.17, 15) is 0 Å². The average Bonchev–Trinajstić information content (AvgIpc) is 2.63. The quantitative estimate of drug-likeness (QED) is 0.667. The van der Waals surface area contributed by atoms with Crippen molar-refractivity contribution in [3.05, 3.63) is 0 Å². The van der Waals surface area contributed by atoms with Gasteiger partial charge in [0.1, 0.15) is 0 Å². The fraction of sp³-hybridized carbons (Fsp3) is 1.00. The molecule has 0 aromatic rings. The molecule has 0 saturated heterocycles. The number of rotatable bonds is 5. The van der Waals surface area contributed by atoms with Crippen LogP contribution in [0.2, 0.25) is 0 Å². The minimum absolute atomic E-state index is 0.695. The van der Waals surface area contributed by atoms with Gasteiger partial charge >= 0.3 is 0 Å². The maximum atomic E-state index is 3.67. The summed E-state index contributed by atoms with van der Waals surface area (Å²) < 4.78 is 0. The van der Waals surface area contributed by atoms with E-state index in [2.05, 4.69) is 33.0 Å². The Kier molecular flexibility index (Phi) is 3.57. The second kappa shape index (κ2) is 4.27. The van der Waals surface area contributed by atoms with Crippen molar-refractivity contribution in [1.82, 2.24) is 5.32 Å². The number of nitrogens with one attached hydrogen (secondary N) is 1. The van der Waals surface area contributed by atoms with Gasteiger partial charge in [0, 0.05) is 12.1 Å². The minimum atomic E-state index is 0.695. The monoisotopic (exact) mass is 169 g/mol. The molecule has 1 N–H and O–H groups in total. The first kappa shape index (κ1) is 10.0. The van der Waals surface area contributed by atoms with Crippen molar-refractivity contribution in [2.24, 2.45) is 11.8 Å². The third-order valence-electron chi connectivity index (χ3n) is 2.70. The van der Waals surface area contributed by atoms with E-state index in [0.29, 0.717) is 6.04 Å². The van der Waals surface area contributed by atoms with E-state index in [4.69, 9.17) is 0 Å². The third kappa shape index (κ3) is 3.57. The Morgan fingerprint density at radius 1 is 1.17 bits per heavy atom. The Morgan fingerprint density at radius 3 is 2.17 bits per heavy atom. The first-order chi connectivity index (χ1) is 5.59. The molecule has 1 aliphatic rings. The van der Waals surface area contributed by atoms with Crippen molar-refractivity contribution in [3.8, 4) is 0 Å². The van der Waals surface area contributed by atoms with Crippen LogP contribution < -0.4 is 5.32 Å². The molecule has 1 rings (SSSR count). The van der Waals surface area contributed by atoms with Crippen LogP contribution in [0.3, 0.4) is 0 Å². The van der Waals surface area contributed by atoms with Crippen LogP contribution in [0.1, 0.15) is 47.0 Å². The van der Waals surface area contributed by atoms with E-state index < -0.39 is 0 Å². The molecule has 0 bridgehead atoms. The van der Waals surface area contributed by atoms with Crippen LogP contribution in [0.4, 0.5) is 0 Å². The molecule has 0 amide bonds. The first-order valence-electron chi connectivity index (χ1n) is 5.35. The van der Waals surface area contributed by atoms with Crippen LogP contribution in [0.25, 0.3) is 0 Å². The molecule has 1 aliphatic carbocycles. The van der Waals surface area contributed by atoms with Gasteiger partial charge in [-0.15, -0.1) is 0 Å². The summed E-state index contributed by atoms with van der Waals surface area (Å²) in [5, 5.41) is 3.67. The smallest absolute Gasteiger partial charge is 0.00694 e. The van der Waals surface area contributed by atoms with E-state index in [-0.39, 0.29) is 0 Å². The van der Waals surface area contributed by atoms with Gasteiger partial charge in [-0.1, -0.05) is 13.8 Å². The maximum Gasteiger partial charge on any atom is 0.00694 e. The molecule has 1 fully saturated rings. The minimum Gasteiger partial charge on any atom is -0.311 e. The predicted molar refractivity (Wildman–Crippen MR) is 54.2 cm³/mol. The standard InChI is InChI=1S/C11H23N/c1-8(2)7-9(3)12-10(4)11-5-6-11/h8-12H,5-7H2,1-4H3/t9-,10?/m0/s1. The van der Waals surface area contributed by atoms with Gasteiger partial charge in [0.25, 0.3) is 0 Å². The van der Waals surface area contributed by atoms with Gasteiger partial charge in [0.2, 0.25) is 0 Å². The Morgan fingerprint density at radius 2 is 1.75 bits per heavy atom. The molecule has 1 saturated carbocycles. The Balaban J connectivity index is 2.11. The average molecular weight is 169 g/mol. The van der Waals surface area contributed by atoms with Crippen molar-refractivity contribution >= 4 is 0 Å². The lowest BCUT2D eigenvalue weighted by Crippen LogP contribution is -2.36. The Hall–Kier alpha value is -0.0400. The van der Waals surface area contributed by atoms with Crippen molar-refractivity contribution in [1.29, 1.82) is 0 Å². The molecule has 1 nitrogen and oxygen atoms in total. The largest absolute Gasteiger partial charge is 0.311 e. The summed E-state index contributed by atoms with van der Waals surface area (Å²) >= 11 is 0. The third-order valence-corrected chi connectivity index (χ3v) is 2.70. The molecule has 0 radical (unpaired) electrons. The van der Waals surface area contributed by atoms with Gasteiger partial charge in [0.15, 0.2) is 0 Å². The van der Waals surface area contributed by atoms with Gasteiger partial charge in [-0.25, -0.2) is 0 Å². The predicted octanol–water partition coefficient (Wildman–Crippen LogP) is 2.81. The van der Waals surface area contributed by atoms with Crippen LogP contribution in [-0.4, -0.2) is 12.1 Å². The zero-order valence-electron chi connectivity index (χ0n) is 8.93. The number of hydrogen-bond donors (Lipinski definition) is 1. The van der Waals surface area contributed by atoms with Crippen molar-refractivity contribution < 1.29 is 0 Å². The van der Waals surface area contributed by atoms with Crippen LogP contribution >= 0.6 is 0 Å². The highest BCUT2D eigenvalue weighted by atomic mass is 14.9. The van der Waals surface area contributed by atoms with Gasteiger partial charge in [-0.3, -0.25) is 0 Å². The van der Waals surface area contributed by atoms with Gasteiger partial charge in [-0.2, -0.15) is 0 Å². The van der Waals surface area contributed by atoms with E-state index in [1.54, 1.807) is 0 Å². The summed E-state index contributed by atoms with van der Waals surface area (Å²) in [6.07, 6.45) is 4.20. The highest BCUT2D eigenvalue weighted by Gasteiger charge is 2.28. The summed E-state index contributed by atoms with van der Waals surface area (Å²) in [6.45, 7) is 9.22. The molecule has 12 heavy (non-hydrogen) atoms. The summed E-state index contributed by atoms with van der Waals surface area (Å²) in [4.78, 5) is 0. The lowest BCUT2D eigenvalue weighted by Gasteiger charge is -2.21. The second-order valence-corrected chi connectivity index (χ2v) is 4.82. The molecule has 0 aromatic carbocycles. The summed E-state index contributed by atoms with van der Waals surface area (Å²) in [7, 11) is 0. The van der Waals surface area contributed by atoms with Crippen molar-refractivity contribution in [2.75, 3.05) is 0 Å². The normalized spacial score (nSPS) is 22.8. The van der Waals surface area contributed by atoms with E-state index in [1.165, 1.54) is 19.3 Å². The van der Waals surface area contributed by atoms with Gasteiger partial charge < -0.3 is 5.32 Å². The molecular weight excluding hydrogens is 146 g/mol. The fourth-order valence-corrected chi connectivity index (χ4v) is 1.96. The van der Waals surface area contributed by atoms with E-state index in [0.717, 1.165) is 17.9 Å². The van der Waals surface area contributed by atoms with Crippen molar-refractivity contribution in [2.45, 2.75) is 59.0 Å². The Labute approximate surface area is 76.9 Å². The van der Waals surface area contributed by atoms with Crippen LogP contribution in [0.5, 0.6) is 0 Å². The molecule has 72 valence electrons. The fourth-order valence-electron chi connectivity index (χ4n) is 1.96. The van der Waals surface area contributed by atoms with Gasteiger partial charge in [-0.05, 0) is 44.9 Å². The van der Waals surface area contributed by atoms with Gasteiger partial charge in [0.05, 0.1) is 0 Å². The highest BCUT2D eigenvalue weighted by Crippen LogP contribution is 2.32. The summed E-state index contributed by atoms with van der Waals surface area (Å²) in [5.74, 6) is 1.80. The van der Waals surface area contributed by atoms with Crippen LogP contribution in [0, 0.1) is 11.8 Å². The molecule has 0 aromatic heterocycles. The topological polar surface area (TPSA) is 12.0 Å². The summed E-state index contributed by atoms with van der Waals surface area (Å²) in [5.41, 5.74) is 0. The SMILES string of the molecule is CC(C)C[C@H](C)NC(C)C1CC1. The Bertz CT molecular complexity index is 127. The first-order valence-corrected chi connectivity index (χ1v) is 5.35.